The van der Waals surface area contributed by atoms with E-state index in [-0.39, 0.29) is 6.67 Å². The van der Waals surface area contributed by atoms with Crippen LogP contribution in [-0.2, 0) is 0 Å². The Bertz CT molecular complexity index is 736. The van der Waals surface area contributed by atoms with Crippen molar-refractivity contribution in [1.29, 1.82) is 0 Å². The highest BCUT2D eigenvalue weighted by Gasteiger charge is 2.05. The number of nitrogens with two attached hydrogens (primary N) is 1. The Morgan fingerprint density at radius 3 is 2.62 bits per heavy atom. The van der Waals surface area contributed by atoms with E-state index in [0.29, 0.717) is 13.0 Å². The molecular weight excluding hydrogens is 285 g/mol. The molecule has 0 spiro atoms. The molecular formula is C17H16FNOS. The summed E-state index contributed by atoms with van der Waals surface area (Å²) in [6.07, 6.45) is 0.430. The van der Waals surface area contributed by atoms with Crippen molar-refractivity contribution >= 4 is 27.1 Å². The second-order valence-electron chi connectivity index (χ2n) is 4.82. The summed E-state index contributed by atoms with van der Waals surface area (Å²) in [5, 5.41) is 1.18. The quantitative estimate of drug-likeness (QED) is 0.538. The van der Waals surface area contributed by atoms with Gasteiger partial charge in [0.05, 0.1) is 13.3 Å². The van der Waals surface area contributed by atoms with E-state index in [2.05, 4.69) is 6.07 Å². The summed E-state index contributed by atoms with van der Waals surface area (Å²) < 4.78 is 18.8. The molecule has 0 saturated heterocycles. The number of halogens is 1. The first-order valence-electron chi connectivity index (χ1n) is 6.84. The second-order valence-corrected chi connectivity index (χ2v) is 5.91. The topological polar surface area (TPSA) is 35.2 Å². The van der Waals surface area contributed by atoms with Gasteiger partial charge in [0.1, 0.15) is 5.75 Å². The predicted octanol–water partition coefficient (Wildman–Crippen LogP) is 4.89. The number of ether oxygens (including phenoxy) is 1. The van der Waals surface area contributed by atoms with Crippen LogP contribution in [0.1, 0.15) is 6.42 Å². The third-order valence-electron chi connectivity index (χ3n) is 3.23. The molecule has 21 heavy (non-hydrogen) atoms. The number of fused-ring (bicyclic) bond motifs is 1. The van der Waals surface area contributed by atoms with E-state index in [1.54, 1.807) is 11.3 Å². The Labute approximate surface area is 127 Å². The summed E-state index contributed by atoms with van der Waals surface area (Å²) in [6, 6.07) is 16.0. The van der Waals surface area contributed by atoms with E-state index in [1.165, 1.54) is 15.0 Å². The fourth-order valence-electron chi connectivity index (χ4n) is 2.14. The van der Waals surface area contributed by atoms with E-state index in [1.807, 2.05) is 42.5 Å². The van der Waals surface area contributed by atoms with Gasteiger partial charge in [-0.25, -0.2) is 0 Å². The van der Waals surface area contributed by atoms with Crippen LogP contribution in [0, 0.1) is 0 Å². The lowest BCUT2D eigenvalue weighted by atomic mass is 10.1. The molecule has 1 heterocycles. The molecule has 0 fully saturated rings. The number of rotatable bonds is 5. The van der Waals surface area contributed by atoms with Crippen molar-refractivity contribution in [3.05, 3.63) is 48.5 Å². The molecule has 0 atom stereocenters. The number of hydrogen-bond donors (Lipinski definition) is 1. The van der Waals surface area contributed by atoms with Crippen molar-refractivity contribution in [3.8, 4) is 16.2 Å². The van der Waals surface area contributed by atoms with Gasteiger partial charge in [0.2, 0.25) is 0 Å². The van der Waals surface area contributed by atoms with Crippen LogP contribution in [0.25, 0.3) is 20.5 Å². The first kappa shape index (κ1) is 13.9. The SMILES string of the molecule is Nc1ccc(-c2cc3ccc(OCCCF)cc3s2)cc1. The maximum absolute atomic E-state index is 12.1. The van der Waals surface area contributed by atoms with Gasteiger partial charge in [-0.05, 0) is 47.3 Å². The molecule has 3 aromatic rings. The van der Waals surface area contributed by atoms with Gasteiger partial charge in [-0.2, -0.15) is 0 Å². The largest absolute Gasteiger partial charge is 0.493 e. The standard InChI is InChI=1S/C17H16FNOS/c18-8-1-9-20-15-7-4-13-10-16(21-17(13)11-15)12-2-5-14(19)6-3-12/h2-7,10-11H,1,8-9,19H2. The lowest BCUT2D eigenvalue weighted by Gasteiger charge is -2.03. The van der Waals surface area contributed by atoms with Crippen LogP contribution in [0.2, 0.25) is 0 Å². The molecule has 4 heteroatoms. The van der Waals surface area contributed by atoms with Gasteiger partial charge < -0.3 is 10.5 Å². The molecule has 0 aliphatic carbocycles. The third-order valence-corrected chi connectivity index (χ3v) is 4.38. The average Bonchev–Trinajstić information content (AvgIpc) is 2.91. The van der Waals surface area contributed by atoms with Crippen molar-refractivity contribution in [3.63, 3.8) is 0 Å². The molecule has 0 aliphatic rings. The Kier molecular flexibility index (Phi) is 4.06. The van der Waals surface area contributed by atoms with Crippen molar-refractivity contribution in [2.24, 2.45) is 0 Å². The number of anilines is 1. The number of thiophene rings is 1. The van der Waals surface area contributed by atoms with Gasteiger partial charge in [0.15, 0.2) is 0 Å². The summed E-state index contributed by atoms with van der Waals surface area (Å²) >= 11 is 1.71. The molecule has 0 amide bonds. The van der Waals surface area contributed by atoms with Crippen LogP contribution in [0.5, 0.6) is 5.75 Å². The van der Waals surface area contributed by atoms with Crippen LogP contribution < -0.4 is 10.5 Å². The van der Waals surface area contributed by atoms with Crippen LogP contribution >= 0.6 is 11.3 Å². The molecule has 0 saturated carbocycles. The van der Waals surface area contributed by atoms with Crippen molar-refractivity contribution in [2.75, 3.05) is 19.0 Å². The lowest BCUT2D eigenvalue weighted by Crippen LogP contribution is -1.97. The van der Waals surface area contributed by atoms with E-state index >= 15 is 0 Å². The molecule has 3 rings (SSSR count). The molecule has 2 aromatic carbocycles. The monoisotopic (exact) mass is 301 g/mol. The zero-order chi connectivity index (χ0) is 14.7. The van der Waals surface area contributed by atoms with Crippen LogP contribution in [0.15, 0.2) is 48.5 Å². The van der Waals surface area contributed by atoms with Crippen LogP contribution in [0.3, 0.4) is 0 Å². The summed E-state index contributed by atoms with van der Waals surface area (Å²) in [4.78, 5) is 1.20. The van der Waals surface area contributed by atoms with Gasteiger partial charge in [0.25, 0.3) is 0 Å². The molecule has 0 bridgehead atoms. The second kappa shape index (κ2) is 6.14. The Balaban J connectivity index is 1.87. The van der Waals surface area contributed by atoms with E-state index in [4.69, 9.17) is 10.5 Å². The molecule has 2 nitrogen and oxygen atoms in total. The Hall–Kier alpha value is -2.07. The van der Waals surface area contributed by atoms with Gasteiger partial charge in [0, 0.05) is 21.7 Å². The number of alkyl halides is 1. The maximum Gasteiger partial charge on any atom is 0.120 e. The van der Waals surface area contributed by atoms with E-state index < -0.39 is 0 Å². The predicted molar refractivity (Wildman–Crippen MR) is 87.8 cm³/mol. The number of nitrogen functional groups attached to an aromatic ring is 1. The Morgan fingerprint density at radius 2 is 1.86 bits per heavy atom. The van der Waals surface area contributed by atoms with Crippen molar-refractivity contribution in [1.82, 2.24) is 0 Å². The normalized spacial score (nSPS) is 10.9. The van der Waals surface area contributed by atoms with Crippen molar-refractivity contribution in [2.45, 2.75) is 6.42 Å². The fraction of sp³-hybridized carbons (Fsp3) is 0.176. The molecule has 0 aliphatic heterocycles. The fourth-order valence-corrected chi connectivity index (χ4v) is 3.23. The minimum absolute atomic E-state index is 0.345. The van der Waals surface area contributed by atoms with E-state index in [0.717, 1.165) is 17.0 Å². The highest BCUT2D eigenvalue weighted by molar-refractivity contribution is 7.22. The molecule has 108 valence electrons. The van der Waals surface area contributed by atoms with Crippen molar-refractivity contribution < 1.29 is 9.13 Å². The summed E-state index contributed by atoms with van der Waals surface area (Å²) in [5.41, 5.74) is 7.64. The van der Waals surface area contributed by atoms with E-state index in [9.17, 15) is 4.39 Å². The van der Waals surface area contributed by atoms with Crippen LogP contribution in [-0.4, -0.2) is 13.3 Å². The molecule has 1 aromatic heterocycles. The number of hydrogen-bond acceptors (Lipinski definition) is 3. The van der Waals surface area contributed by atoms with Gasteiger partial charge in [-0.15, -0.1) is 11.3 Å². The zero-order valence-electron chi connectivity index (χ0n) is 11.5. The first-order valence-corrected chi connectivity index (χ1v) is 7.66. The minimum Gasteiger partial charge on any atom is -0.493 e. The van der Waals surface area contributed by atoms with Gasteiger partial charge >= 0.3 is 0 Å². The first-order chi connectivity index (χ1) is 10.3. The highest BCUT2D eigenvalue weighted by atomic mass is 32.1. The zero-order valence-corrected chi connectivity index (χ0v) is 12.3. The highest BCUT2D eigenvalue weighted by Crippen LogP contribution is 2.35. The van der Waals surface area contributed by atoms with Gasteiger partial charge in [-0.3, -0.25) is 4.39 Å². The van der Waals surface area contributed by atoms with Crippen LogP contribution in [0.4, 0.5) is 10.1 Å². The summed E-state index contributed by atoms with van der Waals surface area (Å²) in [5.74, 6) is 0.793. The average molecular weight is 301 g/mol. The lowest BCUT2D eigenvalue weighted by molar-refractivity contribution is 0.290. The summed E-state index contributed by atoms with van der Waals surface area (Å²) in [6.45, 7) is 0.0702. The third kappa shape index (κ3) is 3.16. The maximum atomic E-state index is 12.1. The smallest absolute Gasteiger partial charge is 0.120 e. The number of benzene rings is 2. The summed E-state index contributed by atoms with van der Waals surface area (Å²) in [7, 11) is 0. The Morgan fingerprint density at radius 1 is 1.05 bits per heavy atom. The minimum atomic E-state index is -0.345. The molecule has 2 N–H and O–H groups in total. The molecule has 0 unspecified atom stereocenters. The molecule has 0 radical (unpaired) electrons. The van der Waals surface area contributed by atoms with Gasteiger partial charge in [-0.1, -0.05) is 12.1 Å².